The van der Waals surface area contributed by atoms with E-state index in [1.54, 1.807) is 14.2 Å². The molecule has 0 fully saturated rings. The standard InChI is InChI=1S/C29H44O6Si/c1-28(2,3)36(7,8)35-17-9-10-26-25-16-15-24(34-21-31-6)18-27(25)32-19-29(26,4)22-11-13-23(14-12-22)33-20-30-5/h11-16,18,26H,9-10,17,19-21H2,1-8H3. The molecule has 1 aliphatic heterocycles. The monoisotopic (exact) mass is 516 g/mol. The number of ether oxygens (including phenoxy) is 5. The quantitative estimate of drug-likeness (QED) is 0.174. The fourth-order valence-corrected chi connectivity index (χ4v) is 5.55. The molecular formula is C29H44O6Si. The van der Waals surface area contributed by atoms with Gasteiger partial charge in [0.15, 0.2) is 21.9 Å². The largest absolute Gasteiger partial charge is 0.492 e. The predicted molar refractivity (Wildman–Crippen MR) is 146 cm³/mol. The first-order valence-electron chi connectivity index (χ1n) is 12.8. The second kappa shape index (κ2) is 12.0. The maximum atomic E-state index is 6.51. The fourth-order valence-electron chi connectivity index (χ4n) is 4.46. The third kappa shape index (κ3) is 6.62. The van der Waals surface area contributed by atoms with Crippen molar-refractivity contribution in [3.63, 3.8) is 0 Å². The lowest BCUT2D eigenvalue weighted by atomic mass is 9.66. The van der Waals surface area contributed by atoms with Crippen LogP contribution in [0.2, 0.25) is 18.1 Å². The van der Waals surface area contributed by atoms with Gasteiger partial charge in [-0.25, -0.2) is 0 Å². The SMILES string of the molecule is COCOc1ccc(C2(C)COc3cc(OCOC)ccc3C2CCCO[Si](C)(C)C(C)(C)C)cc1. The first kappa shape index (κ1) is 28.5. The lowest BCUT2D eigenvalue weighted by molar-refractivity contribution is 0.0505. The summed E-state index contributed by atoms with van der Waals surface area (Å²) >= 11 is 0. The molecule has 2 atom stereocenters. The van der Waals surface area contributed by atoms with Crippen molar-refractivity contribution < 1.29 is 28.1 Å². The molecule has 0 spiro atoms. The van der Waals surface area contributed by atoms with Crippen molar-refractivity contribution in [2.45, 2.75) is 70.0 Å². The molecule has 0 amide bonds. The molecule has 0 saturated heterocycles. The van der Waals surface area contributed by atoms with Crippen molar-refractivity contribution in [3.8, 4) is 17.2 Å². The maximum Gasteiger partial charge on any atom is 0.191 e. The minimum atomic E-state index is -1.78. The molecule has 36 heavy (non-hydrogen) atoms. The van der Waals surface area contributed by atoms with Crippen LogP contribution in [-0.4, -0.2) is 49.3 Å². The minimum Gasteiger partial charge on any atom is -0.492 e. The third-order valence-electron chi connectivity index (χ3n) is 7.76. The van der Waals surface area contributed by atoms with Crippen LogP contribution >= 0.6 is 0 Å². The molecule has 200 valence electrons. The lowest BCUT2D eigenvalue weighted by Crippen LogP contribution is -2.42. The Labute approximate surface area is 218 Å². The number of hydrogen-bond donors (Lipinski definition) is 0. The van der Waals surface area contributed by atoms with E-state index < -0.39 is 8.32 Å². The summed E-state index contributed by atoms with van der Waals surface area (Å²) in [5, 5.41) is 0.206. The first-order chi connectivity index (χ1) is 17.0. The Hall–Kier alpha value is -2.06. The van der Waals surface area contributed by atoms with E-state index >= 15 is 0 Å². The molecule has 7 heteroatoms. The molecule has 0 aliphatic carbocycles. The van der Waals surface area contributed by atoms with Crippen LogP contribution in [0.25, 0.3) is 0 Å². The zero-order chi connectivity index (χ0) is 26.4. The summed E-state index contributed by atoms with van der Waals surface area (Å²) in [6.07, 6.45) is 1.99. The van der Waals surface area contributed by atoms with E-state index in [0.717, 1.165) is 36.7 Å². The van der Waals surface area contributed by atoms with Gasteiger partial charge in [-0.1, -0.05) is 45.9 Å². The summed E-state index contributed by atoms with van der Waals surface area (Å²) in [4.78, 5) is 0. The number of hydrogen-bond acceptors (Lipinski definition) is 6. The van der Waals surface area contributed by atoms with E-state index in [1.807, 2.05) is 24.3 Å². The van der Waals surface area contributed by atoms with E-state index in [2.05, 4.69) is 59.0 Å². The fraction of sp³-hybridized carbons (Fsp3) is 0.586. The highest BCUT2D eigenvalue weighted by atomic mass is 28.4. The third-order valence-corrected chi connectivity index (χ3v) is 12.3. The summed E-state index contributed by atoms with van der Waals surface area (Å²) < 4.78 is 34.2. The van der Waals surface area contributed by atoms with Gasteiger partial charge in [-0.2, -0.15) is 0 Å². The Balaban J connectivity index is 1.84. The zero-order valence-electron chi connectivity index (χ0n) is 23.3. The zero-order valence-corrected chi connectivity index (χ0v) is 24.3. The molecule has 2 unspecified atom stereocenters. The normalized spacial score (nSPS) is 19.9. The highest BCUT2D eigenvalue weighted by Gasteiger charge is 2.43. The number of rotatable bonds is 12. The van der Waals surface area contributed by atoms with Crippen molar-refractivity contribution in [1.29, 1.82) is 0 Å². The van der Waals surface area contributed by atoms with Crippen molar-refractivity contribution in [2.24, 2.45) is 0 Å². The summed E-state index contributed by atoms with van der Waals surface area (Å²) in [5.41, 5.74) is 2.24. The van der Waals surface area contributed by atoms with Gasteiger partial charge in [-0.15, -0.1) is 0 Å². The van der Waals surface area contributed by atoms with E-state index in [-0.39, 0.29) is 30.0 Å². The van der Waals surface area contributed by atoms with Gasteiger partial charge in [0, 0.05) is 38.2 Å². The minimum absolute atomic E-state index is 0.196. The molecule has 2 aromatic rings. The summed E-state index contributed by atoms with van der Waals surface area (Å²) in [5.74, 6) is 2.70. The number of methoxy groups -OCH3 is 2. The average Bonchev–Trinajstić information content (AvgIpc) is 2.84. The van der Waals surface area contributed by atoms with E-state index in [1.165, 1.54) is 11.1 Å². The molecule has 0 bridgehead atoms. The molecule has 0 radical (unpaired) electrons. The Morgan fingerprint density at radius 3 is 2.17 bits per heavy atom. The molecule has 1 aliphatic rings. The molecule has 0 aromatic heterocycles. The molecular weight excluding hydrogens is 472 g/mol. The van der Waals surface area contributed by atoms with Crippen LogP contribution in [0.3, 0.4) is 0 Å². The lowest BCUT2D eigenvalue weighted by Gasteiger charge is -2.43. The van der Waals surface area contributed by atoms with Crippen LogP contribution in [0.15, 0.2) is 42.5 Å². The second-order valence-corrected chi connectivity index (χ2v) is 16.1. The summed E-state index contributed by atoms with van der Waals surface area (Å²) in [6.45, 7) is 15.6. The molecule has 2 aromatic carbocycles. The van der Waals surface area contributed by atoms with Crippen LogP contribution in [0.1, 0.15) is 57.6 Å². The van der Waals surface area contributed by atoms with Crippen molar-refractivity contribution in [3.05, 3.63) is 53.6 Å². The summed E-state index contributed by atoms with van der Waals surface area (Å²) in [7, 11) is 1.46. The Morgan fingerprint density at radius 2 is 1.56 bits per heavy atom. The topological polar surface area (TPSA) is 55.4 Å². The molecule has 0 saturated carbocycles. The van der Waals surface area contributed by atoms with Crippen molar-refractivity contribution >= 4 is 8.32 Å². The number of fused-ring (bicyclic) bond motifs is 1. The molecule has 1 heterocycles. The van der Waals surface area contributed by atoms with Crippen molar-refractivity contribution in [1.82, 2.24) is 0 Å². The highest BCUT2D eigenvalue weighted by molar-refractivity contribution is 6.74. The van der Waals surface area contributed by atoms with E-state index in [9.17, 15) is 0 Å². The van der Waals surface area contributed by atoms with Crippen molar-refractivity contribution in [2.75, 3.05) is 41.0 Å². The Kier molecular flexibility index (Phi) is 9.49. The molecule has 3 rings (SSSR count). The smallest absolute Gasteiger partial charge is 0.191 e. The van der Waals surface area contributed by atoms with Crippen LogP contribution in [-0.2, 0) is 19.3 Å². The highest BCUT2D eigenvalue weighted by Crippen LogP contribution is 2.50. The predicted octanol–water partition coefficient (Wildman–Crippen LogP) is 6.89. The maximum absolute atomic E-state index is 6.51. The molecule has 6 nitrogen and oxygen atoms in total. The van der Waals surface area contributed by atoms with Gasteiger partial charge in [-0.05, 0) is 60.3 Å². The second-order valence-electron chi connectivity index (χ2n) is 11.3. The number of benzene rings is 2. The Bertz CT molecular complexity index is 969. The van der Waals surface area contributed by atoms with Gasteiger partial charge in [-0.3, -0.25) is 0 Å². The van der Waals surface area contributed by atoms with Crippen LogP contribution in [0.4, 0.5) is 0 Å². The summed E-state index contributed by atoms with van der Waals surface area (Å²) in [6, 6.07) is 14.4. The van der Waals surface area contributed by atoms with Gasteiger partial charge in [0.05, 0.1) is 6.61 Å². The van der Waals surface area contributed by atoms with Crippen LogP contribution in [0.5, 0.6) is 17.2 Å². The average molecular weight is 517 g/mol. The van der Waals surface area contributed by atoms with Gasteiger partial charge in [0.25, 0.3) is 0 Å². The first-order valence-corrected chi connectivity index (χ1v) is 15.7. The van der Waals surface area contributed by atoms with Crippen LogP contribution < -0.4 is 14.2 Å². The van der Waals surface area contributed by atoms with Gasteiger partial charge >= 0.3 is 0 Å². The van der Waals surface area contributed by atoms with Gasteiger partial charge in [0.2, 0.25) is 0 Å². The van der Waals surface area contributed by atoms with Gasteiger partial charge < -0.3 is 28.1 Å². The van der Waals surface area contributed by atoms with Crippen LogP contribution in [0, 0.1) is 0 Å². The van der Waals surface area contributed by atoms with E-state index in [0.29, 0.717) is 6.61 Å². The van der Waals surface area contributed by atoms with E-state index in [4.69, 9.17) is 28.1 Å². The Morgan fingerprint density at radius 1 is 0.944 bits per heavy atom. The molecule has 0 N–H and O–H groups in total. The van der Waals surface area contributed by atoms with Gasteiger partial charge in [0.1, 0.15) is 17.2 Å².